The van der Waals surface area contributed by atoms with Gasteiger partial charge in [0.2, 0.25) is 5.76 Å². The summed E-state index contributed by atoms with van der Waals surface area (Å²) in [5.74, 6) is 0.301. The predicted molar refractivity (Wildman–Crippen MR) is 101 cm³/mol. The molecule has 0 aliphatic carbocycles. The van der Waals surface area contributed by atoms with Gasteiger partial charge in [-0.3, -0.25) is 4.79 Å². The fraction of sp³-hybridized carbons (Fsp3) is 0.444. The number of hydrogen-bond acceptors (Lipinski definition) is 4. The molecule has 4 heteroatoms. The molecular weight excluding hydrogens is 294 g/mol. The lowest BCUT2D eigenvalue weighted by Crippen LogP contribution is -1.91. The van der Waals surface area contributed by atoms with E-state index in [-0.39, 0.29) is 5.78 Å². The molecule has 3 nitrogen and oxygen atoms in total. The summed E-state index contributed by atoms with van der Waals surface area (Å²) in [5, 5.41) is 5.68. The molecule has 22 heavy (non-hydrogen) atoms. The number of aryl methyl sites for hydroxylation is 1. The van der Waals surface area contributed by atoms with Crippen LogP contribution in [-0.2, 0) is 0 Å². The van der Waals surface area contributed by atoms with Crippen LogP contribution in [0.25, 0.3) is 0 Å². The van der Waals surface area contributed by atoms with Crippen LogP contribution >= 0.6 is 11.8 Å². The molecule has 0 saturated heterocycles. The van der Waals surface area contributed by atoms with Crippen LogP contribution in [0, 0.1) is 26.7 Å². The third kappa shape index (κ3) is 18.3. The van der Waals surface area contributed by atoms with Gasteiger partial charge in [-0.2, -0.15) is 0 Å². The van der Waals surface area contributed by atoms with E-state index >= 15 is 0 Å². The average Bonchev–Trinajstić information content (AvgIpc) is 2.86. The zero-order valence-electron chi connectivity index (χ0n) is 15.3. The van der Waals surface area contributed by atoms with Crippen molar-refractivity contribution in [3.63, 3.8) is 0 Å². The molecule has 0 aliphatic heterocycles. The van der Waals surface area contributed by atoms with E-state index in [0.717, 1.165) is 11.3 Å². The summed E-state index contributed by atoms with van der Waals surface area (Å²) in [6.45, 7) is 16.4. The fourth-order valence-electron chi connectivity index (χ4n) is 0.880. The van der Waals surface area contributed by atoms with Gasteiger partial charge in [0.25, 0.3) is 0 Å². The molecule has 1 heterocycles. The summed E-state index contributed by atoms with van der Waals surface area (Å²) in [5.41, 5.74) is 1.62. The normalized spacial score (nSPS) is 7.73. The lowest BCUT2D eigenvalue weighted by atomic mass is 10.2. The Bertz CT molecular complexity index is 418. The van der Waals surface area contributed by atoms with Crippen molar-refractivity contribution >= 4 is 17.5 Å². The van der Waals surface area contributed by atoms with Crippen LogP contribution in [0.1, 0.15) is 56.4 Å². The number of terminal acetylenes is 1. The highest BCUT2D eigenvalue weighted by molar-refractivity contribution is 8.01. The smallest absolute Gasteiger partial charge is 0.205 e. The van der Waals surface area contributed by atoms with Gasteiger partial charge < -0.3 is 4.52 Å². The molecule has 1 aromatic rings. The zero-order valence-corrected chi connectivity index (χ0v) is 16.1. The number of ketones is 1. The summed E-state index contributed by atoms with van der Waals surface area (Å²) in [6.07, 6.45) is 13.8. The maximum Gasteiger partial charge on any atom is 0.205 e. The average molecular weight is 326 g/mol. The van der Waals surface area contributed by atoms with E-state index < -0.39 is 0 Å². The highest BCUT2D eigenvalue weighted by atomic mass is 32.2. The van der Waals surface area contributed by atoms with Crippen LogP contribution in [0.5, 0.6) is 0 Å². The number of thioether (sulfide) groups is 1. The maximum absolute atomic E-state index is 10.7. The molecule has 0 aliphatic rings. The largest absolute Gasteiger partial charge is 0.353 e. The van der Waals surface area contributed by atoms with E-state index in [1.165, 1.54) is 6.92 Å². The van der Waals surface area contributed by atoms with Crippen molar-refractivity contribution in [2.24, 2.45) is 0 Å². The molecule has 0 saturated carbocycles. The van der Waals surface area contributed by atoms with Gasteiger partial charge in [0.05, 0.1) is 5.69 Å². The molecule has 0 N–H and O–H groups in total. The molecule has 0 unspecified atom stereocenters. The van der Waals surface area contributed by atoms with Crippen LogP contribution in [0.15, 0.2) is 28.7 Å². The number of Topliss-reactive ketones (excluding diaryl/α,β-unsaturated/α-hetero) is 1. The number of hydrogen-bond donors (Lipinski definition) is 0. The molecule has 0 atom stereocenters. The zero-order chi connectivity index (χ0) is 18.6. The van der Waals surface area contributed by atoms with E-state index in [1.54, 1.807) is 17.8 Å². The van der Waals surface area contributed by atoms with Gasteiger partial charge >= 0.3 is 0 Å². The minimum absolute atomic E-state index is 0.0712. The molecule has 0 radical (unpaired) electrons. The Kier molecular flexibility index (Phi) is 31.4. The van der Waals surface area contributed by atoms with Crippen molar-refractivity contribution in [2.75, 3.05) is 6.26 Å². The Morgan fingerprint density at radius 2 is 1.68 bits per heavy atom. The van der Waals surface area contributed by atoms with Crippen LogP contribution in [0.2, 0.25) is 0 Å². The van der Waals surface area contributed by atoms with Gasteiger partial charge in [-0.15, -0.1) is 31.2 Å². The van der Waals surface area contributed by atoms with Crippen molar-refractivity contribution < 1.29 is 9.32 Å². The first-order valence-corrected chi connectivity index (χ1v) is 8.23. The second-order valence-electron chi connectivity index (χ2n) is 3.39. The maximum atomic E-state index is 10.7. The number of aromatic nitrogens is 1. The van der Waals surface area contributed by atoms with Crippen LogP contribution in [-0.4, -0.2) is 17.2 Å². The summed E-state index contributed by atoms with van der Waals surface area (Å²) in [6, 6.07) is 0. The Labute approximate surface area is 141 Å². The quantitative estimate of drug-likeness (QED) is 0.389. The number of nitrogens with zero attached hydrogens (tertiary/aromatic N) is 1. The molecule has 0 amide bonds. The van der Waals surface area contributed by atoms with E-state index in [4.69, 9.17) is 4.52 Å². The van der Waals surface area contributed by atoms with Gasteiger partial charge in [-0.05, 0) is 39.4 Å². The Hall–Kier alpha value is -1.73. The lowest BCUT2D eigenvalue weighted by Gasteiger charge is -1.86. The predicted octanol–water partition coefficient (Wildman–Crippen LogP) is 5.84. The monoisotopic (exact) mass is 325 g/mol. The molecule has 1 rings (SSSR count). The van der Waals surface area contributed by atoms with Crippen LogP contribution < -0.4 is 0 Å². The Balaban J connectivity index is -0.000000115. The van der Waals surface area contributed by atoms with Crippen LogP contribution in [0.3, 0.4) is 0 Å². The molecule has 0 fully saturated rings. The van der Waals surface area contributed by atoms with Crippen molar-refractivity contribution in [1.82, 2.24) is 5.16 Å². The van der Waals surface area contributed by atoms with Crippen molar-refractivity contribution in [3.8, 4) is 12.8 Å². The fourth-order valence-corrected chi connectivity index (χ4v) is 1.15. The van der Waals surface area contributed by atoms with Gasteiger partial charge in [0.15, 0.2) is 5.78 Å². The molecular formula is C18H31NO2S. The Morgan fingerprint density at radius 3 is 1.77 bits per heavy atom. The highest BCUT2D eigenvalue weighted by Gasteiger charge is 2.11. The van der Waals surface area contributed by atoms with E-state index in [0.29, 0.717) is 5.76 Å². The Morgan fingerprint density at radius 1 is 1.27 bits per heavy atom. The van der Waals surface area contributed by atoms with Crippen molar-refractivity contribution in [2.45, 2.75) is 48.5 Å². The summed E-state index contributed by atoms with van der Waals surface area (Å²) in [7, 11) is 0. The van der Waals surface area contributed by atoms with Crippen molar-refractivity contribution in [1.29, 1.82) is 0 Å². The third-order valence-electron chi connectivity index (χ3n) is 1.75. The standard InChI is InChI=1S/C7H9NO2.C4H8S.C3H6.C2H6.C2H2/c1-4-5(2)8-10-7(4)6(3)9;1-3-4-5-2;1-3-2;2*1-2/h1-3H3;3-4H,1-2H3;3H,1H2,2H3;1-2H3;1-2H/b;4-3+;;;. The molecule has 1 aromatic heterocycles. The minimum Gasteiger partial charge on any atom is -0.353 e. The summed E-state index contributed by atoms with van der Waals surface area (Å²) in [4.78, 5) is 10.7. The minimum atomic E-state index is -0.0712. The lowest BCUT2D eigenvalue weighted by molar-refractivity contribution is 0.0977. The molecule has 0 aromatic carbocycles. The van der Waals surface area contributed by atoms with E-state index in [2.05, 4.69) is 24.6 Å². The van der Waals surface area contributed by atoms with E-state index in [9.17, 15) is 4.79 Å². The molecule has 0 spiro atoms. The van der Waals surface area contributed by atoms with Gasteiger partial charge in [-0.25, -0.2) is 0 Å². The first-order chi connectivity index (χ1) is 10.5. The highest BCUT2D eigenvalue weighted by Crippen LogP contribution is 2.11. The number of carbonyl (C=O) groups is 1. The number of carbonyl (C=O) groups excluding carboxylic acids is 1. The SMILES string of the molecule is C#C.C/C=C/SC.C=CC.CC.CC(=O)c1onc(C)c1C. The second kappa shape index (κ2) is 24.3. The topological polar surface area (TPSA) is 43.1 Å². The van der Waals surface area contributed by atoms with Gasteiger partial charge in [-0.1, -0.05) is 31.2 Å². The molecule has 126 valence electrons. The molecule has 0 bridgehead atoms. The van der Waals surface area contributed by atoms with E-state index in [1.807, 2.05) is 59.3 Å². The summed E-state index contributed by atoms with van der Waals surface area (Å²) >= 11 is 1.72. The first-order valence-electron chi connectivity index (χ1n) is 6.94. The van der Waals surface area contributed by atoms with Crippen molar-refractivity contribution in [3.05, 3.63) is 41.2 Å². The summed E-state index contributed by atoms with van der Waals surface area (Å²) < 4.78 is 4.76. The third-order valence-corrected chi connectivity index (χ3v) is 2.29. The van der Waals surface area contributed by atoms with Gasteiger partial charge in [0.1, 0.15) is 0 Å². The first kappa shape index (κ1) is 28.4. The van der Waals surface area contributed by atoms with Crippen LogP contribution in [0.4, 0.5) is 0 Å². The number of rotatable bonds is 2. The van der Waals surface area contributed by atoms with Gasteiger partial charge in [0, 0.05) is 12.5 Å². The number of allylic oxidation sites excluding steroid dienone is 2. The second-order valence-corrected chi connectivity index (χ2v) is 4.14.